The molecule has 170 valence electrons. The molecular weight excluding hydrogens is 472 g/mol. The van der Waals surface area contributed by atoms with Crippen molar-refractivity contribution in [1.82, 2.24) is 19.5 Å². The Labute approximate surface area is 172 Å². The zero-order chi connectivity index (χ0) is 22.9. The Morgan fingerprint density at radius 2 is 1.80 bits per heavy atom. The van der Waals surface area contributed by atoms with Crippen molar-refractivity contribution in [2.24, 2.45) is 0 Å². The maximum absolute atomic E-state index is 10.1. The maximum Gasteiger partial charge on any atom is 0.478 e. The largest absolute Gasteiger partial charge is 0.478 e. The number of aliphatic hydroxyl groups excluding tert-OH is 3. The quantitative estimate of drug-likeness (QED) is 0.127. The normalized spacial score (nSPS) is 24.7. The minimum Gasteiger partial charge on any atom is -0.394 e. The van der Waals surface area contributed by atoms with Crippen LogP contribution in [0.25, 0.3) is 11.2 Å². The Balaban J connectivity index is 0.000000303. The van der Waals surface area contributed by atoms with Crippen LogP contribution in [0.15, 0.2) is 11.5 Å². The van der Waals surface area contributed by atoms with E-state index in [0.29, 0.717) is 16.3 Å². The van der Waals surface area contributed by atoms with E-state index < -0.39 is 46.8 Å². The van der Waals surface area contributed by atoms with Crippen molar-refractivity contribution in [1.29, 1.82) is 0 Å². The molecular formula is C11H19N5O11P2S. The van der Waals surface area contributed by atoms with Crippen molar-refractivity contribution in [3.63, 3.8) is 0 Å². The summed E-state index contributed by atoms with van der Waals surface area (Å²) in [6, 6.07) is 0. The van der Waals surface area contributed by atoms with Gasteiger partial charge < -0.3 is 45.4 Å². The van der Waals surface area contributed by atoms with Gasteiger partial charge >= 0.3 is 15.6 Å². The number of aromatic nitrogens is 4. The van der Waals surface area contributed by atoms with Crippen LogP contribution in [0.5, 0.6) is 0 Å². The minimum atomic E-state index is -5.05. The van der Waals surface area contributed by atoms with Gasteiger partial charge in [0, 0.05) is 0 Å². The van der Waals surface area contributed by atoms with E-state index in [0.717, 1.165) is 0 Å². The van der Waals surface area contributed by atoms with E-state index in [1.807, 2.05) is 6.26 Å². The topological polar surface area (TPSA) is 264 Å². The number of nitrogens with two attached hydrogens (primary N) is 1. The molecule has 0 aliphatic carbocycles. The predicted octanol–water partition coefficient (Wildman–Crippen LogP) is -2.07. The van der Waals surface area contributed by atoms with E-state index >= 15 is 0 Å². The van der Waals surface area contributed by atoms with E-state index in [1.54, 1.807) is 0 Å². The molecule has 0 radical (unpaired) electrons. The average molecular weight is 491 g/mol. The van der Waals surface area contributed by atoms with Gasteiger partial charge in [-0.3, -0.25) is 4.57 Å². The lowest BCUT2D eigenvalue weighted by Crippen LogP contribution is -2.33. The van der Waals surface area contributed by atoms with Crippen molar-refractivity contribution in [3.05, 3.63) is 6.33 Å². The van der Waals surface area contributed by atoms with Crippen LogP contribution in [-0.2, 0) is 18.2 Å². The lowest BCUT2D eigenvalue weighted by Gasteiger charge is -2.16. The summed E-state index contributed by atoms with van der Waals surface area (Å²) in [5.74, 6) is 0.231. The number of hydrogen-bond acceptors (Lipinski definition) is 12. The van der Waals surface area contributed by atoms with Crippen LogP contribution >= 0.6 is 27.4 Å². The summed E-state index contributed by atoms with van der Waals surface area (Å²) in [4.78, 5) is 43.5. The van der Waals surface area contributed by atoms with Gasteiger partial charge in [0.25, 0.3) is 0 Å². The molecule has 4 atom stereocenters. The first kappa shape index (κ1) is 25.1. The molecule has 3 rings (SSSR count). The van der Waals surface area contributed by atoms with Gasteiger partial charge in [-0.25, -0.2) is 24.1 Å². The summed E-state index contributed by atoms with van der Waals surface area (Å²) in [5.41, 5.74) is 6.63. The van der Waals surface area contributed by atoms with E-state index in [1.165, 1.54) is 22.7 Å². The number of thioether (sulfide) groups is 1. The number of aliphatic hydroxyl groups is 3. The van der Waals surface area contributed by atoms with Crippen molar-refractivity contribution >= 4 is 44.4 Å². The molecule has 1 aliphatic rings. The van der Waals surface area contributed by atoms with E-state index in [-0.39, 0.29) is 5.82 Å². The molecule has 0 bridgehead atoms. The number of rotatable bonds is 5. The number of ether oxygens (including phenoxy) is 1. The Morgan fingerprint density at radius 3 is 2.23 bits per heavy atom. The fourth-order valence-corrected chi connectivity index (χ4v) is 3.92. The fraction of sp³-hybridized carbons (Fsp3) is 0.545. The second-order valence-corrected chi connectivity index (χ2v) is 9.10. The summed E-state index contributed by atoms with van der Waals surface area (Å²) < 4.78 is 29.2. The molecule has 9 N–H and O–H groups in total. The van der Waals surface area contributed by atoms with Gasteiger partial charge in [-0.05, 0) is 6.26 Å². The van der Waals surface area contributed by atoms with Gasteiger partial charge in [0.15, 0.2) is 22.8 Å². The van der Waals surface area contributed by atoms with Crippen molar-refractivity contribution in [2.75, 3.05) is 18.6 Å². The molecule has 30 heavy (non-hydrogen) atoms. The third kappa shape index (κ3) is 6.16. The zero-order valence-electron chi connectivity index (χ0n) is 15.0. The summed E-state index contributed by atoms with van der Waals surface area (Å²) in [7, 11) is -10.1. The number of hydrogen-bond donors (Lipinski definition) is 8. The molecule has 16 nitrogen and oxygen atoms in total. The monoisotopic (exact) mass is 491 g/mol. The van der Waals surface area contributed by atoms with Gasteiger partial charge in [0.2, 0.25) is 0 Å². The van der Waals surface area contributed by atoms with Crippen molar-refractivity contribution < 1.29 is 53.1 Å². The number of nitrogens with zero attached hydrogens (tertiary/aromatic N) is 4. The first-order valence-corrected chi connectivity index (χ1v) is 12.0. The van der Waals surface area contributed by atoms with Crippen molar-refractivity contribution in [3.8, 4) is 0 Å². The molecule has 1 aliphatic heterocycles. The van der Waals surface area contributed by atoms with Crippen LogP contribution in [0.4, 0.5) is 5.82 Å². The lowest BCUT2D eigenvalue weighted by molar-refractivity contribution is -0.0511. The fourth-order valence-electron chi connectivity index (χ4n) is 2.44. The lowest BCUT2D eigenvalue weighted by atomic mass is 10.1. The molecule has 0 amide bonds. The predicted molar refractivity (Wildman–Crippen MR) is 99.7 cm³/mol. The van der Waals surface area contributed by atoms with Crippen LogP contribution < -0.4 is 5.73 Å². The number of fused-ring (bicyclic) bond motifs is 1. The van der Waals surface area contributed by atoms with Crippen LogP contribution in [-0.4, -0.2) is 85.6 Å². The van der Waals surface area contributed by atoms with E-state index in [2.05, 4.69) is 19.3 Å². The highest BCUT2D eigenvalue weighted by molar-refractivity contribution is 7.98. The number of anilines is 1. The Bertz CT molecular complexity index is 960. The van der Waals surface area contributed by atoms with Crippen LogP contribution in [0.3, 0.4) is 0 Å². The summed E-state index contributed by atoms with van der Waals surface area (Å²) >= 11 is 1.32. The van der Waals surface area contributed by atoms with Gasteiger partial charge in [0.1, 0.15) is 23.8 Å². The first-order valence-electron chi connectivity index (χ1n) is 7.76. The van der Waals surface area contributed by atoms with Gasteiger partial charge in [-0.1, -0.05) is 11.8 Å². The Kier molecular flexibility index (Phi) is 7.95. The third-order valence-electron chi connectivity index (χ3n) is 3.61. The SMILES string of the molecule is CSc1nc(N)c2ncn([C@@H]3O[C@H](CO)[C@@H](O)[C@H]3O)c2n1.O=P(O)(O)OP(=O)(O)O. The molecule has 19 heteroatoms. The average Bonchev–Trinajstić information content (AvgIpc) is 3.14. The van der Waals surface area contributed by atoms with Gasteiger partial charge in [-0.15, -0.1) is 0 Å². The second-order valence-electron chi connectivity index (χ2n) is 5.71. The summed E-state index contributed by atoms with van der Waals surface area (Å²) in [5, 5.41) is 29.5. The second kappa shape index (κ2) is 9.52. The molecule has 0 spiro atoms. The third-order valence-corrected chi connectivity index (χ3v) is 5.86. The van der Waals surface area contributed by atoms with Gasteiger partial charge in [-0.2, -0.15) is 4.31 Å². The Hall–Kier alpha value is -1.20. The molecule has 0 unspecified atom stereocenters. The van der Waals surface area contributed by atoms with Crippen LogP contribution in [0, 0.1) is 0 Å². The smallest absolute Gasteiger partial charge is 0.394 e. The highest BCUT2D eigenvalue weighted by atomic mass is 32.2. The molecule has 1 saturated heterocycles. The molecule has 3 heterocycles. The minimum absolute atomic E-state index is 0.231. The highest BCUT2D eigenvalue weighted by Crippen LogP contribution is 2.53. The van der Waals surface area contributed by atoms with E-state index in [4.69, 9.17) is 35.2 Å². The summed E-state index contributed by atoms with van der Waals surface area (Å²) in [6.45, 7) is -0.394. The Morgan fingerprint density at radius 1 is 1.20 bits per heavy atom. The van der Waals surface area contributed by atoms with Gasteiger partial charge in [0.05, 0.1) is 12.9 Å². The number of nitrogen functional groups attached to an aromatic ring is 1. The van der Waals surface area contributed by atoms with Crippen LogP contribution in [0.2, 0.25) is 0 Å². The first-order chi connectivity index (χ1) is 13.8. The standard InChI is InChI=1S/C11H15N5O4S.H4O7P2/c1-21-11-14-8(12)5-9(15-11)16(3-13-5)10-7(19)6(18)4(2-17)20-10;1-8(2,3)7-9(4,5)6/h3-4,6-7,10,17-19H,2H2,1H3,(H2,12,14,15);(H2,1,2,3)(H2,4,5,6)/t4-,6-,7-,10-;/m1./s1. The molecule has 2 aromatic heterocycles. The van der Waals surface area contributed by atoms with Crippen molar-refractivity contribution in [2.45, 2.75) is 29.7 Å². The highest BCUT2D eigenvalue weighted by Gasteiger charge is 2.44. The molecule has 1 fully saturated rings. The number of phosphoric acid groups is 2. The molecule has 2 aromatic rings. The zero-order valence-corrected chi connectivity index (χ0v) is 17.6. The summed E-state index contributed by atoms with van der Waals surface area (Å²) in [6.07, 6.45) is -0.911. The van der Waals surface area contributed by atoms with Crippen LogP contribution in [0.1, 0.15) is 6.23 Å². The molecule has 0 saturated carbocycles. The molecule has 0 aromatic carbocycles. The number of imidazole rings is 1. The maximum atomic E-state index is 10.1. The van der Waals surface area contributed by atoms with E-state index in [9.17, 15) is 19.3 Å².